The lowest BCUT2D eigenvalue weighted by molar-refractivity contribution is -0.112. The van der Waals surface area contributed by atoms with E-state index in [-0.39, 0.29) is 10.8 Å². The van der Waals surface area contributed by atoms with E-state index in [0.717, 1.165) is 17.7 Å². The van der Waals surface area contributed by atoms with Gasteiger partial charge in [0.2, 0.25) is 10.0 Å². The highest BCUT2D eigenvalue weighted by molar-refractivity contribution is 7.89. The normalized spacial score (nSPS) is 18.7. The fourth-order valence-corrected chi connectivity index (χ4v) is 5.14. The number of benzene rings is 2. The first-order chi connectivity index (χ1) is 14.9. The number of sulfonamides is 1. The van der Waals surface area contributed by atoms with Crippen molar-refractivity contribution < 1.29 is 17.9 Å². The van der Waals surface area contributed by atoms with Gasteiger partial charge in [-0.15, -0.1) is 0 Å². The molecule has 2 aromatic rings. The highest BCUT2D eigenvalue weighted by Crippen LogP contribution is 2.31. The Morgan fingerprint density at radius 1 is 1.03 bits per heavy atom. The molecule has 31 heavy (non-hydrogen) atoms. The average Bonchev–Trinajstić information content (AvgIpc) is 3.04. The molecule has 2 aromatic carbocycles. The van der Waals surface area contributed by atoms with Crippen LogP contribution in [0, 0.1) is 5.92 Å². The van der Waals surface area contributed by atoms with Crippen LogP contribution >= 0.6 is 0 Å². The van der Waals surface area contributed by atoms with E-state index in [2.05, 4.69) is 18.8 Å². The molecular weight excluding hydrogens is 414 g/mol. The Bertz CT molecular complexity index is 1090. The molecule has 0 N–H and O–H groups in total. The number of morpholine rings is 1. The Morgan fingerprint density at radius 2 is 1.71 bits per heavy atom. The van der Waals surface area contributed by atoms with Crippen LogP contribution in [-0.4, -0.2) is 57.2 Å². The number of hydrogen-bond donors (Lipinski definition) is 0. The maximum absolute atomic E-state index is 13.1. The van der Waals surface area contributed by atoms with Gasteiger partial charge in [-0.1, -0.05) is 32.0 Å². The molecule has 0 aromatic heterocycles. The van der Waals surface area contributed by atoms with Crippen molar-refractivity contribution in [3.05, 3.63) is 54.1 Å². The molecule has 1 fully saturated rings. The van der Waals surface area contributed by atoms with Crippen molar-refractivity contribution in [1.82, 2.24) is 4.31 Å². The summed E-state index contributed by atoms with van der Waals surface area (Å²) in [7, 11) is -3.56. The van der Waals surface area contributed by atoms with Crippen molar-refractivity contribution in [2.45, 2.75) is 25.2 Å². The number of fused-ring (bicyclic) bond motifs is 1. The smallest absolute Gasteiger partial charge is 0.277 e. The highest BCUT2D eigenvalue weighted by atomic mass is 32.2. The van der Waals surface area contributed by atoms with Gasteiger partial charge in [0.15, 0.2) is 0 Å². The molecule has 0 spiro atoms. The minimum absolute atomic E-state index is 0.119. The number of rotatable bonds is 6. The van der Waals surface area contributed by atoms with Crippen molar-refractivity contribution in [3.63, 3.8) is 0 Å². The van der Waals surface area contributed by atoms with Gasteiger partial charge in [0, 0.05) is 25.2 Å². The van der Waals surface area contributed by atoms with Gasteiger partial charge < -0.3 is 9.64 Å². The molecule has 0 saturated carbocycles. The fourth-order valence-electron chi connectivity index (χ4n) is 3.74. The van der Waals surface area contributed by atoms with Gasteiger partial charge in [-0.05, 0) is 42.7 Å². The van der Waals surface area contributed by atoms with Gasteiger partial charge in [-0.3, -0.25) is 4.79 Å². The predicted molar refractivity (Wildman–Crippen MR) is 120 cm³/mol. The second kappa shape index (κ2) is 8.90. The molecule has 0 aliphatic carbocycles. The summed E-state index contributed by atoms with van der Waals surface area (Å²) in [5, 5.41) is 0. The van der Waals surface area contributed by atoms with Crippen LogP contribution in [0.25, 0.3) is 0 Å². The van der Waals surface area contributed by atoms with E-state index in [9.17, 15) is 13.2 Å². The molecule has 0 atom stereocenters. The number of ether oxygens (including phenoxy) is 1. The number of anilines is 1. The quantitative estimate of drug-likeness (QED) is 0.690. The summed E-state index contributed by atoms with van der Waals surface area (Å²) in [6, 6.07) is 14.0. The average molecular weight is 442 g/mol. The lowest BCUT2D eigenvalue weighted by Crippen LogP contribution is -2.40. The van der Waals surface area contributed by atoms with Crippen molar-refractivity contribution in [1.29, 1.82) is 0 Å². The highest BCUT2D eigenvalue weighted by Gasteiger charge is 2.33. The van der Waals surface area contributed by atoms with Crippen LogP contribution in [0.2, 0.25) is 0 Å². The van der Waals surface area contributed by atoms with E-state index in [4.69, 9.17) is 4.74 Å². The standard InChI is InChI=1S/C23H27N3O4S/c1-17(2)11-12-26-21-6-4-3-5-20(21)22(23(26)27)24-18-7-9-19(10-8-18)31(28,29)25-13-15-30-16-14-25/h3-10,17H,11-16H2,1-2H3. The van der Waals surface area contributed by atoms with Crippen molar-refractivity contribution >= 4 is 33.0 Å². The maximum atomic E-state index is 13.1. The molecule has 7 nitrogen and oxygen atoms in total. The number of nitrogens with zero attached hydrogens (tertiary/aromatic N) is 3. The number of hydrogen-bond acceptors (Lipinski definition) is 5. The monoisotopic (exact) mass is 441 g/mol. The Morgan fingerprint density at radius 3 is 2.39 bits per heavy atom. The molecule has 2 aliphatic heterocycles. The van der Waals surface area contributed by atoms with E-state index < -0.39 is 10.0 Å². The molecule has 2 aliphatic rings. The van der Waals surface area contributed by atoms with E-state index in [1.54, 1.807) is 29.2 Å². The van der Waals surface area contributed by atoms with E-state index >= 15 is 0 Å². The fraction of sp³-hybridized carbons (Fsp3) is 0.391. The molecule has 0 radical (unpaired) electrons. The van der Waals surface area contributed by atoms with Crippen LogP contribution in [0.4, 0.5) is 11.4 Å². The Balaban J connectivity index is 1.60. The van der Waals surface area contributed by atoms with Crippen molar-refractivity contribution in [2.75, 3.05) is 37.7 Å². The van der Waals surface area contributed by atoms with Crippen LogP contribution in [0.15, 0.2) is 58.4 Å². The third kappa shape index (κ3) is 4.42. The van der Waals surface area contributed by atoms with Crippen LogP contribution < -0.4 is 4.90 Å². The third-order valence-corrected chi connectivity index (χ3v) is 7.43. The molecule has 164 valence electrons. The summed E-state index contributed by atoms with van der Waals surface area (Å²) >= 11 is 0. The molecule has 1 saturated heterocycles. The lowest BCUT2D eigenvalue weighted by Gasteiger charge is -2.26. The Labute approximate surface area is 183 Å². The number of para-hydroxylation sites is 1. The minimum atomic E-state index is -3.56. The zero-order valence-corrected chi connectivity index (χ0v) is 18.6. The molecule has 8 heteroatoms. The molecule has 1 amide bonds. The lowest BCUT2D eigenvalue weighted by atomic mass is 10.1. The summed E-state index contributed by atoms with van der Waals surface area (Å²) in [6.07, 6.45) is 0.904. The zero-order chi connectivity index (χ0) is 22.0. The van der Waals surface area contributed by atoms with Gasteiger partial charge in [0.1, 0.15) is 5.71 Å². The topological polar surface area (TPSA) is 79.3 Å². The number of carbonyl (C=O) groups is 1. The largest absolute Gasteiger partial charge is 0.379 e. The minimum Gasteiger partial charge on any atom is -0.379 e. The number of aliphatic imine (C=N–C) groups is 1. The first-order valence-electron chi connectivity index (χ1n) is 10.6. The van der Waals surface area contributed by atoms with E-state index in [1.807, 2.05) is 24.3 Å². The van der Waals surface area contributed by atoms with Crippen LogP contribution in [0.5, 0.6) is 0 Å². The second-order valence-corrected chi connectivity index (χ2v) is 10.1. The predicted octanol–water partition coefficient (Wildman–Crippen LogP) is 3.22. The van der Waals surface area contributed by atoms with Crippen molar-refractivity contribution in [3.8, 4) is 0 Å². The molecule has 0 bridgehead atoms. The number of amides is 1. The summed E-state index contributed by atoms with van der Waals surface area (Å²) in [5.74, 6) is 0.369. The Hall–Kier alpha value is -2.55. The van der Waals surface area contributed by atoms with Gasteiger partial charge in [-0.25, -0.2) is 13.4 Å². The number of carbonyl (C=O) groups excluding carboxylic acids is 1. The summed E-state index contributed by atoms with van der Waals surface area (Å²) in [5.41, 5.74) is 2.62. The first-order valence-corrected chi connectivity index (χ1v) is 12.0. The maximum Gasteiger partial charge on any atom is 0.277 e. The SMILES string of the molecule is CC(C)CCN1C(=O)C(=Nc2ccc(S(=O)(=O)N3CCOCC3)cc2)c2ccccc21. The van der Waals surface area contributed by atoms with Crippen molar-refractivity contribution in [2.24, 2.45) is 10.9 Å². The summed E-state index contributed by atoms with van der Waals surface area (Å²) in [6.45, 7) is 6.42. The molecule has 2 heterocycles. The van der Waals surface area contributed by atoms with Gasteiger partial charge in [0.25, 0.3) is 5.91 Å². The Kier molecular flexibility index (Phi) is 6.22. The van der Waals surface area contributed by atoms with Crippen LogP contribution in [-0.2, 0) is 19.6 Å². The van der Waals surface area contributed by atoms with Crippen LogP contribution in [0.1, 0.15) is 25.8 Å². The molecular formula is C23H27N3O4S. The summed E-state index contributed by atoms with van der Waals surface area (Å²) < 4.78 is 32.3. The molecule has 4 rings (SSSR count). The summed E-state index contributed by atoms with van der Waals surface area (Å²) in [4.78, 5) is 19.7. The van der Waals surface area contributed by atoms with E-state index in [1.165, 1.54) is 4.31 Å². The second-order valence-electron chi connectivity index (χ2n) is 8.13. The van der Waals surface area contributed by atoms with E-state index in [0.29, 0.717) is 50.2 Å². The van der Waals surface area contributed by atoms with Gasteiger partial charge >= 0.3 is 0 Å². The van der Waals surface area contributed by atoms with Crippen LogP contribution in [0.3, 0.4) is 0 Å². The first kappa shape index (κ1) is 21.7. The third-order valence-electron chi connectivity index (χ3n) is 5.51. The molecule has 0 unspecified atom stereocenters. The zero-order valence-electron chi connectivity index (χ0n) is 17.8. The van der Waals surface area contributed by atoms with Gasteiger partial charge in [-0.2, -0.15) is 4.31 Å². The van der Waals surface area contributed by atoms with Gasteiger partial charge in [0.05, 0.1) is 29.5 Å².